The van der Waals surface area contributed by atoms with E-state index in [1.54, 1.807) is 45.0 Å². The minimum Gasteiger partial charge on any atom is -0.494 e. The van der Waals surface area contributed by atoms with Gasteiger partial charge in [0.15, 0.2) is 5.75 Å². The lowest BCUT2D eigenvalue weighted by molar-refractivity contribution is -0.147. The topological polar surface area (TPSA) is 129 Å². The number of hydrogen-bond donors (Lipinski definition) is 2. The van der Waals surface area contributed by atoms with Gasteiger partial charge in [-0.1, -0.05) is 31.2 Å². The zero-order valence-electron chi connectivity index (χ0n) is 20.3. The molecule has 2 N–H and O–H groups in total. The maximum absolute atomic E-state index is 12.9. The predicted octanol–water partition coefficient (Wildman–Crippen LogP) is 2.30. The summed E-state index contributed by atoms with van der Waals surface area (Å²) in [5.74, 6) is -0.329. The molecule has 10 nitrogen and oxygen atoms in total. The number of ether oxygens (including phenoxy) is 3. The Kier molecular flexibility index (Phi) is 9.61. The molecule has 1 aromatic carbocycles. The second kappa shape index (κ2) is 12.2. The average Bonchev–Trinajstić information content (AvgIpc) is 2.77. The zero-order chi connectivity index (χ0) is 25.3. The number of alkyl carbamates (subject to hydrolysis) is 1. The van der Waals surface area contributed by atoms with Crippen molar-refractivity contribution >= 4 is 12.1 Å². The number of hydrogen-bond acceptors (Lipinski definition) is 8. The number of aliphatic hydroxyl groups is 1. The van der Waals surface area contributed by atoms with Gasteiger partial charge in [0.25, 0.3) is 5.56 Å². The lowest BCUT2D eigenvalue weighted by atomic mass is 10.0. The molecule has 2 rings (SSSR count). The molecule has 0 fully saturated rings. The van der Waals surface area contributed by atoms with Crippen LogP contribution in [0.15, 0.2) is 35.3 Å². The summed E-state index contributed by atoms with van der Waals surface area (Å²) in [7, 11) is 1.48. The van der Waals surface area contributed by atoms with Crippen molar-refractivity contribution < 1.29 is 28.9 Å². The fourth-order valence-corrected chi connectivity index (χ4v) is 3.20. The Hall–Kier alpha value is -3.40. The minimum atomic E-state index is -1.02. The largest absolute Gasteiger partial charge is 0.494 e. The number of aliphatic hydroxyl groups excluding tert-OH is 1. The van der Waals surface area contributed by atoms with E-state index in [-0.39, 0.29) is 25.2 Å². The van der Waals surface area contributed by atoms with Crippen LogP contribution in [0.4, 0.5) is 4.79 Å². The minimum absolute atomic E-state index is 0.122. The molecule has 0 bridgehead atoms. The number of benzene rings is 1. The Morgan fingerprint density at radius 3 is 2.44 bits per heavy atom. The van der Waals surface area contributed by atoms with Gasteiger partial charge in [0.1, 0.15) is 18.2 Å². The van der Waals surface area contributed by atoms with E-state index < -0.39 is 23.7 Å². The number of nitrogens with zero attached hydrogens (tertiary/aromatic N) is 2. The maximum atomic E-state index is 12.9. The van der Waals surface area contributed by atoms with Crippen LogP contribution in [0.25, 0.3) is 11.1 Å². The normalized spacial score (nSPS) is 12.1. The molecule has 10 heteroatoms. The van der Waals surface area contributed by atoms with Crippen LogP contribution in [0, 0.1) is 0 Å². The van der Waals surface area contributed by atoms with Gasteiger partial charge in [0.2, 0.25) is 0 Å². The molecule has 0 unspecified atom stereocenters. The van der Waals surface area contributed by atoms with Crippen LogP contribution in [-0.2, 0) is 27.2 Å². The Morgan fingerprint density at radius 1 is 1.21 bits per heavy atom. The van der Waals surface area contributed by atoms with E-state index in [2.05, 4.69) is 10.4 Å². The molecule has 0 radical (unpaired) electrons. The number of rotatable bonds is 10. The van der Waals surface area contributed by atoms with Crippen LogP contribution in [-0.4, -0.2) is 58.9 Å². The van der Waals surface area contributed by atoms with Crippen molar-refractivity contribution in [1.82, 2.24) is 15.1 Å². The number of aromatic nitrogens is 2. The van der Waals surface area contributed by atoms with Gasteiger partial charge in [0, 0.05) is 13.0 Å². The van der Waals surface area contributed by atoms with Crippen molar-refractivity contribution in [2.75, 3.05) is 20.3 Å². The lowest BCUT2D eigenvalue weighted by Gasteiger charge is -2.23. The molecule has 1 amide bonds. The van der Waals surface area contributed by atoms with Gasteiger partial charge in [-0.15, -0.1) is 0 Å². The van der Waals surface area contributed by atoms with E-state index in [9.17, 15) is 14.4 Å². The van der Waals surface area contributed by atoms with Crippen LogP contribution in [0.5, 0.6) is 5.75 Å². The van der Waals surface area contributed by atoms with Gasteiger partial charge in [0.05, 0.1) is 25.5 Å². The first-order chi connectivity index (χ1) is 16.1. The van der Waals surface area contributed by atoms with Crippen molar-refractivity contribution in [1.29, 1.82) is 0 Å². The summed E-state index contributed by atoms with van der Waals surface area (Å²) in [6, 6.07) is 5.97. The van der Waals surface area contributed by atoms with Crippen LogP contribution in [0.3, 0.4) is 0 Å². The number of nitrogens with one attached hydrogen (secondary N) is 1. The molecule has 0 aliphatic heterocycles. The van der Waals surface area contributed by atoms with E-state index >= 15 is 0 Å². The molecule has 0 aliphatic carbocycles. The van der Waals surface area contributed by atoms with Crippen LogP contribution in [0.2, 0.25) is 0 Å². The molecule has 0 spiro atoms. The SMILES string of the molecule is CCCn1ncc(OC)c(-c2ccc(C[C@H](NC(=O)OC(C)(C)C)C(=O)OCCO)cc2)c1=O. The fourth-order valence-electron chi connectivity index (χ4n) is 3.20. The van der Waals surface area contributed by atoms with Crippen molar-refractivity contribution in [2.45, 2.75) is 58.7 Å². The van der Waals surface area contributed by atoms with Gasteiger partial charge in [-0.3, -0.25) is 4.79 Å². The Labute approximate surface area is 198 Å². The molecule has 0 saturated heterocycles. The standard InChI is InChI=1S/C24H33N3O7/c1-6-11-27-21(29)20(19(32-5)15-25-27)17-9-7-16(8-10-17)14-18(22(30)33-13-12-28)26-23(31)34-24(2,3)4/h7-10,15,18,28H,6,11-14H2,1-5H3,(H,26,31)/t18-/m0/s1. The summed E-state index contributed by atoms with van der Waals surface area (Å²) in [5, 5.41) is 15.6. The summed E-state index contributed by atoms with van der Waals surface area (Å²) < 4.78 is 17.0. The highest BCUT2D eigenvalue weighted by Crippen LogP contribution is 2.26. The molecule has 1 atom stereocenters. The Bertz CT molecular complexity index is 1030. The van der Waals surface area contributed by atoms with Gasteiger partial charge in [-0.2, -0.15) is 5.10 Å². The quantitative estimate of drug-likeness (QED) is 0.501. The van der Waals surface area contributed by atoms with Gasteiger partial charge in [-0.25, -0.2) is 14.3 Å². The van der Waals surface area contributed by atoms with E-state index in [0.29, 0.717) is 29.0 Å². The van der Waals surface area contributed by atoms with Crippen LogP contribution >= 0.6 is 0 Å². The number of amides is 1. The van der Waals surface area contributed by atoms with Gasteiger partial charge < -0.3 is 24.6 Å². The smallest absolute Gasteiger partial charge is 0.408 e. The summed E-state index contributed by atoms with van der Waals surface area (Å²) in [6.45, 7) is 7.08. The molecule has 0 saturated carbocycles. The van der Waals surface area contributed by atoms with Crippen molar-refractivity contribution in [3.05, 3.63) is 46.4 Å². The third-order valence-electron chi connectivity index (χ3n) is 4.66. The number of carbonyl (C=O) groups excluding carboxylic acids is 2. The van der Waals surface area contributed by atoms with Crippen LogP contribution in [0.1, 0.15) is 39.7 Å². The summed E-state index contributed by atoms with van der Waals surface area (Å²) >= 11 is 0. The van der Waals surface area contributed by atoms with Crippen molar-refractivity contribution in [2.24, 2.45) is 0 Å². The number of carbonyl (C=O) groups is 2. The monoisotopic (exact) mass is 475 g/mol. The van der Waals surface area contributed by atoms with Crippen molar-refractivity contribution in [3.63, 3.8) is 0 Å². The second-order valence-corrected chi connectivity index (χ2v) is 8.61. The number of aryl methyl sites for hydroxylation is 1. The lowest BCUT2D eigenvalue weighted by Crippen LogP contribution is -2.45. The molecule has 34 heavy (non-hydrogen) atoms. The summed E-state index contributed by atoms with van der Waals surface area (Å²) in [4.78, 5) is 37.6. The molecule has 2 aromatic rings. The first-order valence-corrected chi connectivity index (χ1v) is 11.1. The maximum Gasteiger partial charge on any atom is 0.408 e. The first kappa shape index (κ1) is 26.8. The van der Waals surface area contributed by atoms with E-state index in [1.165, 1.54) is 18.0 Å². The summed E-state index contributed by atoms with van der Waals surface area (Å²) in [6.07, 6.45) is 1.64. The second-order valence-electron chi connectivity index (χ2n) is 8.61. The van der Waals surface area contributed by atoms with Gasteiger partial charge >= 0.3 is 12.1 Å². The molecule has 1 aromatic heterocycles. The third kappa shape index (κ3) is 7.58. The fraction of sp³-hybridized carbons (Fsp3) is 0.500. The number of methoxy groups -OCH3 is 1. The molecule has 0 aliphatic rings. The van der Waals surface area contributed by atoms with E-state index in [4.69, 9.17) is 19.3 Å². The Balaban J connectivity index is 2.28. The van der Waals surface area contributed by atoms with Crippen molar-refractivity contribution in [3.8, 4) is 16.9 Å². The van der Waals surface area contributed by atoms with E-state index in [0.717, 1.165) is 6.42 Å². The first-order valence-electron chi connectivity index (χ1n) is 11.1. The van der Waals surface area contributed by atoms with Crippen LogP contribution < -0.4 is 15.6 Å². The zero-order valence-corrected chi connectivity index (χ0v) is 20.3. The highest BCUT2D eigenvalue weighted by molar-refractivity contribution is 5.82. The van der Waals surface area contributed by atoms with Gasteiger partial charge in [-0.05, 0) is 38.3 Å². The molecule has 186 valence electrons. The van der Waals surface area contributed by atoms with E-state index in [1.807, 2.05) is 6.92 Å². The average molecular weight is 476 g/mol. The number of esters is 1. The Morgan fingerprint density at radius 2 is 1.88 bits per heavy atom. The molecular weight excluding hydrogens is 442 g/mol. The molecule has 1 heterocycles. The highest BCUT2D eigenvalue weighted by atomic mass is 16.6. The summed E-state index contributed by atoms with van der Waals surface area (Å²) in [5.41, 5.74) is 0.749. The molecular formula is C24H33N3O7. The highest BCUT2D eigenvalue weighted by Gasteiger charge is 2.26. The third-order valence-corrected chi connectivity index (χ3v) is 4.66. The predicted molar refractivity (Wildman–Crippen MR) is 126 cm³/mol.